The van der Waals surface area contributed by atoms with Crippen LogP contribution in [0.3, 0.4) is 0 Å². The van der Waals surface area contributed by atoms with Gasteiger partial charge in [0.15, 0.2) is 0 Å². The molecular formula is C19H26N2O2. The van der Waals surface area contributed by atoms with Crippen LogP contribution in [-0.2, 0) is 4.79 Å². The molecule has 0 radical (unpaired) electrons. The van der Waals surface area contributed by atoms with Crippen molar-refractivity contribution in [3.8, 4) is 18.1 Å². The molecule has 4 heteroatoms. The molecule has 1 N–H and O–H groups in total. The molecule has 0 aliphatic carbocycles. The smallest absolute Gasteiger partial charge is 0.223 e. The normalized spacial score (nSPS) is 17.3. The fourth-order valence-corrected chi connectivity index (χ4v) is 2.81. The highest BCUT2D eigenvalue weighted by molar-refractivity contribution is 5.79. The number of carbonyl (C=O) groups is 1. The Kier molecular flexibility index (Phi) is 6.49. The molecule has 0 saturated carbocycles. The Labute approximate surface area is 139 Å². The lowest BCUT2D eigenvalue weighted by atomic mass is 9.95. The summed E-state index contributed by atoms with van der Waals surface area (Å²) in [5, 5.41) is 3.06. The Morgan fingerprint density at radius 2 is 2.22 bits per heavy atom. The summed E-state index contributed by atoms with van der Waals surface area (Å²) in [7, 11) is 0. The molecule has 1 saturated heterocycles. The van der Waals surface area contributed by atoms with E-state index in [1.165, 1.54) is 0 Å². The lowest BCUT2D eigenvalue weighted by Crippen LogP contribution is -2.44. The molecule has 1 fully saturated rings. The molecule has 4 nitrogen and oxygen atoms in total. The summed E-state index contributed by atoms with van der Waals surface area (Å²) >= 11 is 0. The maximum absolute atomic E-state index is 12.3. The molecule has 1 aromatic carbocycles. The third-order valence-corrected chi connectivity index (χ3v) is 4.15. The van der Waals surface area contributed by atoms with Gasteiger partial charge in [0, 0.05) is 5.92 Å². The van der Waals surface area contributed by atoms with Gasteiger partial charge >= 0.3 is 0 Å². The van der Waals surface area contributed by atoms with Crippen LogP contribution >= 0.6 is 0 Å². The molecule has 23 heavy (non-hydrogen) atoms. The van der Waals surface area contributed by atoms with E-state index >= 15 is 0 Å². The molecule has 124 valence electrons. The summed E-state index contributed by atoms with van der Waals surface area (Å²) in [6, 6.07) is 7.92. The lowest BCUT2D eigenvalue weighted by Gasteiger charge is -2.30. The number of benzene rings is 1. The van der Waals surface area contributed by atoms with Crippen LogP contribution in [0.25, 0.3) is 0 Å². The Morgan fingerprint density at radius 3 is 2.87 bits per heavy atom. The van der Waals surface area contributed by atoms with Crippen molar-refractivity contribution in [1.29, 1.82) is 0 Å². The average molecular weight is 314 g/mol. The van der Waals surface area contributed by atoms with E-state index in [9.17, 15) is 4.79 Å². The maximum Gasteiger partial charge on any atom is 0.223 e. The molecule has 1 atom stereocenters. The van der Waals surface area contributed by atoms with E-state index in [0.717, 1.165) is 37.2 Å². The maximum atomic E-state index is 12.3. The Balaban J connectivity index is 1.72. The second kappa shape index (κ2) is 8.59. The monoisotopic (exact) mass is 314 g/mol. The Morgan fingerprint density at radius 1 is 1.48 bits per heavy atom. The number of piperidine rings is 1. The van der Waals surface area contributed by atoms with Gasteiger partial charge in [0.05, 0.1) is 12.6 Å². The number of nitrogens with zero attached hydrogens (tertiary/aromatic N) is 1. The molecule has 0 bridgehead atoms. The number of carbonyl (C=O) groups excluding carboxylic acids is 1. The van der Waals surface area contributed by atoms with Gasteiger partial charge in [0.1, 0.15) is 12.4 Å². The number of likely N-dealkylation sites (tertiary alicyclic amines) is 1. The molecule has 1 unspecified atom stereocenters. The third-order valence-electron chi connectivity index (χ3n) is 4.15. The lowest BCUT2D eigenvalue weighted by molar-refractivity contribution is -0.127. The summed E-state index contributed by atoms with van der Waals surface area (Å²) in [6.45, 7) is 6.96. The zero-order chi connectivity index (χ0) is 16.7. The van der Waals surface area contributed by atoms with E-state index in [4.69, 9.17) is 11.2 Å². The second-order valence-electron chi connectivity index (χ2n) is 6.29. The van der Waals surface area contributed by atoms with Gasteiger partial charge in [-0.05, 0) is 57.5 Å². The first-order valence-electron chi connectivity index (χ1n) is 8.24. The molecule has 2 rings (SSSR count). The number of amides is 1. The van der Waals surface area contributed by atoms with Crippen LogP contribution in [0.4, 0.5) is 0 Å². The molecular weight excluding hydrogens is 288 g/mol. The number of hydrogen-bond donors (Lipinski definition) is 1. The van der Waals surface area contributed by atoms with Gasteiger partial charge in [-0.3, -0.25) is 9.69 Å². The largest absolute Gasteiger partial charge is 0.491 e. The van der Waals surface area contributed by atoms with Crippen LogP contribution in [0.1, 0.15) is 25.3 Å². The average Bonchev–Trinajstić information content (AvgIpc) is 2.54. The molecule has 0 spiro atoms. The first-order chi connectivity index (χ1) is 11.1. The van der Waals surface area contributed by atoms with Crippen LogP contribution in [0.5, 0.6) is 5.75 Å². The Hall–Kier alpha value is -1.99. The van der Waals surface area contributed by atoms with Crippen LogP contribution in [0.15, 0.2) is 24.3 Å². The minimum atomic E-state index is -0.00764. The van der Waals surface area contributed by atoms with Gasteiger partial charge in [-0.15, -0.1) is 6.42 Å². The van der Waals surface area contributed by atoms with Crippen LogP contribution in [0, 0.1) is 25.2 Å². The highest BCUT2D eigenvalue weighted by atomic mass is 16.5. The topological polar surface area (TPSA) is 41.6 Å². The van der Waals surface area contributed by atoms with Crippen molar-refractivity contribution >= 4 is 5.91 Å². The third kappa shape index (κ3) is 5.61. The van der Waals surface area contributed by atoms with E-state index in [0.29, 0.717) is 13.2 Å². The van der Waals surface area contributed by atoms with Gasteiger partial charge in [-0.2, -0.15) is 0 Å². The number of ether oxygens (including phenoxy) is 1. The van der Waals surface area contributed by atoms with Crippen molar-refractivity contribution in [3.05, 3.63) is 29.8 Å². The predicted molar refractivity (Wildman–Crippen MR) is 92.3 cm³/mol. The molecule has 1 aliphatic rings. The minimum absolute atomic E-state index is 0.00764. The second-order valence-corrected chi connectivity index (χ2v) is 6.29. The van der Waals surface area contributed by atoms with E-state index in [2.05, 4.69) is 16.1 Å². The van der Waals surface area contributed by atoms with Crippen molar-refractivity contribution in [2.45, 2.75) is 32.7 Å². The summed E-state index contributed by atoms with van der Waals surface area (Å²) in [5.41, 5.74) is 1.16. The zero-order valence-electron chi connectivity index (χ0n) is 14.0. The molecule has 1 aromatic rings. The van der Waals surface area contributed by atoms with Gasteiger partial charge < -0.3 is 10.1 Å². The first kappa shape index (κ1) is 17.4. The van der Waals surface area contributed by atoms with E-state index in [1.807, 2.05) is 38.1 Å². The van der Waals surface area contributed by atoms with Crippen molar-refractivity contribution < 1.29 is 9.53 Å². The molecule has 1 amide bonds. The number of nitrogens with one attached hydrogen (secondary N) is 1. The Bertz CT molecular complexity index is 557. The number of aryl methyl sites for hydroxylation is 1. The van der Waals surface area contributed by atoms with Crippen molar-refractivity contribution in [3.63, 3.8) is 0 Å². The summed E-state index contributed by atoms with van der Waals surface area (Å²) < 4.78 is 5.74. The van der Waals surface area contributed by atoms with E-state index < -0.39 is 0 Å². The number of hydrogen-bond acceptors (Lipinski definition) is 3. The highest BCUT2D eigenvalue weighted by Gasteiger charge is 2.25. The predicted octanol–water partition coefficient (Wildman–Crippen LogP) is 2.22. The van der Waals surface area contributed by atoms with Crippen LogP contribution in [0.2, 0.25) is 0 Å². The van der Waals surface area contributed by atoms with Gasteiger partial charge in [0.2, 0.25) is 5.91 Å². The summed E-state index contributed by atoms with van der Waals surface area (Å²) in [5.74, 6) is 3.72. The van der Waals surface area contributed by atoms with Crippen molar-refractivity contribution in [1.82, 2.24) is 10.2 Å². The van der Waals surface area contributed by atoms with Crippen LogP contribution < -0.4 is 10.1 Å². The minimum Gasteiger partial charge on any atom is -0.491 e. The fourth-order valence-electron chi connectivity index (χ4n) is 2.81. The zero-order valence-corrected chi connectivity index (χ0v) is 14.0. The van der Waals surface area contributed by atoms with E-state index in [-0.39, 0.29) is 17.9 Å². The van der Waals surface area contributed by atoms with Crippen LogP contribution in [-0.4, -0.2) is 43.1 Å². The summed E-state index contributed by atoms with van der Waals surface area (Å²) in [6.07, 6.45) is 7.07. The van der Waals surface area contributed by atoms with Gasteiger partial charge in [-0.1, -0.05) is 18.1 Å². The fraction of sp³-hybridized carbons (Fsp3) is 0.526. The van der Waals surface area contributed by atoms with E-state index in [1.54, 1.807) is 0 Å². The molecule has 1 heterocycles. The van der Waals surface area contributed by atoms with Gasteiger partial charge in [0.25, 0.3) is 0 Å². The number of terminal acetylenes is 1. The molecule has 0 aromatic heterocycles. The van der Waals surface area contributed by atoms with Crippen molar-refractivity contribution in [2.75, 3.05) is 26.2 Å². The first-order valence-corrected chi connectivity index (χ1v) is 8.24. The SMILES string of the molecule is C#CCN1CCC(C(=O)NC(C)COc2cccc(C)c2)CC1. The quantitative estimate of drug-likeness (QED) is 0.819. The highest BCUT2D eigenvalue weighted by Crippen LogP contribution is 2.17. The summed E-state index contributed by atoms with van der Waals surface area (Å²) in [4.78, 5) is 14.5. The molecule has 1 aliphatic heterocycles. The van der Waals surface area contributed by atoms with Crippen molar-refractivity contribution in [2.24, 2.45) is 5.92 Å². The standard InChI is InChI=1S/C19H26N2O2/c1-4-10-21-11-8-17(9-12-21)19(22)20-16(3)14-23-18-7-5-6-15(2)13-18/h1,5-7,13,16-17H,8-12,14H2,2-3H3,(H,20,22). The van der Waals surface area contributed by atoms with Gasteiger partial charge in [-0.25, -0.2) is 0 Å². The number of rotatable bonds is 6.